The van der Waals surface area contributed by atoms with E-state index in [1.807, 2.05) is 0 Å². The molecule has 0 heterocycles. The number of ether oxygens (including phenoxy) is 2. The van der Waals surface area contributed by atoms with Crippen LogP contribution in [0.1, 0.15) is 72.6 Å². The van der Waals surface area contributed by atoms with E-state index >= 15 is 0 Å². The van der Waals surface area contributed by atoms with Gasteiger partial charge in [-0.05, 0) is 6.42 Å². The molecule has 0 saturated carbocycles. The van der Waals surface area contributed by atoms with Crippen LogP contribution in [0.4, 0.5) is 39.5 Å². The summed E-state index contributed by atoms with van der Waals surface area (Å²) in [4.78, 5) is 23.6. The van der Waals surface area contributed by atoms with Gasteiger partial charge >= 0.3 is 65.4 Å². The molecule has 0 aromatic rings. The molecule has 0 bridgehead atoms. The molecule has 1 N–H and O–H groups in total. The Kier molecular flexibility index (Phi) is 17.1. The van der Waals surface area contributed by atoms with Crippen LogP contribution in [0.25, 0.3) is 0 Å². The molecular weight excluding hydrogens is 578 g/mol. The van der Waals surface area contributed by atoms with Crippen molar-refractivity contribution in [3.05, 3.63) is 0 Å². The van der Waals surface area contributed by atoms with E-state index in [0.717, 1.165) is 38.5 Å². The number of alkyl halides is 9. The second-order valence-electron chi connectivity index (χ2n) is 8.17. The fourth-order valence-corrected chi connectivity index (χ4v) is 3.54. The van der Waals surface area contributed by atoms with Gasteiger partial charge in [0.1, 0.15) is 0 Å². The Balaban J connectivity index is -0.00000648. The first-order chi connectivity index (χ1) is 16.7. The minimum Gasteiger partial charge on any atom is -1.00 e. The van der Waals surface area contributed by atoms with E-state index in [4.69, 9.17) is 9.29 Å². The summed E-state index contributed by atoms with van der Waals surface area (Å²) in [5.74, 6) is -23.6. The molecule has 1 unspecified atom stereocenters. The third-order valence-corrected chi connectivity index (χ3v) is 6.18. The zero-order chi connectivity index (χ0) is 29.1. The van der Waals surface area contributed by atoms with E-state index in [-0.39, 0.29) is 37.6 Å². The molecule has 38 heavy (non-hydrogen) atoms. The number of hydrogen-bond acceptors (Lipinski definition) is 6. The van der Waals surface area contributed by atoms with Crippen molar-refractivity contribution in [2.24, 2.45) is 0 Å². The largest absolute Gasteiger partial charge is 1.00 e. The smallest absolute Gasteiger partial charge is 1.00 e. The quantitative estimate of drug-likeness (QED) is 0.0839. The monoisotopic (exact) mass is 608 g/mol. The molecule has 0 aliphatic carbocycles. The van der Waals surface area contributed by atoms with Gasteiger partial charge in [0.15, 0.2) is 5.25 Å². The van der Waals surface area contributed by atoms with Gasteiger partial charge in [0.25, 0.3) is 10.1 Å². The average molecular weight is 608 g/mol. The molecule has 1 atom stereocenters. The Morgan fingerprint density at radius 2 is 1.26 bits per heavy atom. The van der Waals surface area contributed by atoms with Gasteiger partial charge in [0.05, 0.1) is 26.1 Å². The molecule has 0 aliphatic rings. The van der Waals surface area contributed by atoms with Crippen LogP contribution < -0.4 is 29.6 Å². The van der Waals surface area contributed by atoms with Gasteiger partial charge in [-0.1, -0.05) is 51.9 Å². The maximum Gasteiger partial charge on any atom is 1.00 e. The van der Waals surface area contributed by atoms with E-state index in [2.05, 4.69) is 11.7 Å². The normalized spacial score (nSPS) is 14.0. The Morgan fingerprint density at radius 1 is 0.789 bits per heavy atom. The van der Waals surface area contributed by atoms with Crippen LogP contribution in [-0.4, -0.2) is 67.3 Å². The number of carbonyl (C=O) groups excluding carboxylic acids is 2. The summed E-state index contributed by atoms with van der Waals surface area (Å²) in [5, 5.41) is -2.75. The minimum absolute atomic E-state index is 0. The summed E-state index contributed by atoms with van der Waals surface area (Å²) >= 11 is 0. The van der Waals surface area contributed by atoms with E-state index in [9.17, 15) is 57.5 Å². The molecule has 0 aromatic carbocycles. The first-order valence-corrected chi connectivity index (χ1v) is 12.7. The number of esters is 2. The van der Waals surface area contributed by atoms with E-state index in [1.54, 1.807) is 0 Å². The zero-order valence-corrected chi connectivity index (χ0v) is 23.6. The van der Waals surface area contributed by atoms with Crippen LogP contribution in [-0.2, 0) is 29.2 Å². The first-order valence-electron chi connectivity index (χ1n) is 11.2. The molecule has 0 spiro atoms. The number of halogens is 9. The maximum atomic E-state index is 13.5. The second-order valence-corrected chi connectivity index (χ2v) is 9.77. The summed E-state index contributed by atoms with van der Waals surface area (Å²) in [6, 6.07) is 0. The second kappa shape index (κ2) is 16.5. The molecule has 0 aromatic heterocycles. The van der Waals surface area contributed by atoms with Crippen molar-refractivity contribution in [3.63, 3.8) is 0 Å². The maximum absolute atomic E-state index is 13.5. The SMILES string of the molecule is CCCCCCCCCCOC(=O)CC(C(=O)OCCC(F)(F)C(F)(F)C(F)(F)C(F)(F)F)S(=O)(=O)O.[H-].[Na+]. The van der Waals surface area contributed by atoms with E-state index in [0.29, 0.717) is 12.8 Å². The van der Waals surface area contributed by atoms with E-state index < -0.39 is 70.7 Å². The number of carbonyl (C=O) groups is 2. The van der Waals surface area contributed by atoms with Crippen LogP contribution in [0, 0.1) is 0 Å². The Hall–Kier alpha value is -0.780. The number of hydrogen-bond donors (Lipinski definition) is 1. The van der Waals surface area contributed by atoms with Crippen molar-refractivity contribution in [3.8, 4) is 0 Å². The van der Waals surface area contributed by atoms with Crippen molar-refractivity contribution in [2.45, 2.75) is 100 Å². The predicted molar refractivity (Wildman–Crippen MR) is 111 cm³/mol. The fourth-order valence-electron chi connectivity index (χ4n) is 2.88. The first kappa shape index (κ1) is 39.4. The topological polar surface area (TPSA) is 107 Å². The van der Waals surface area contributed by atoms with E-state index in [1.165, 1.54) is 0 Å². The predicted octanol–water partition coefficient (Wildman–Crippen LogP) is 2.83. The van der Waals surface area contributed by atoms with Crippen LogP contribution in [0.3, 0.4) is 0 Å². The van der Waals surface area contributed by atoms with Crippen molar-refractivity contribution >= 4 is 22.1 Å². The molecular formula is C20H30F9NaO7S. The molecule has 0 saturated heterocycles. The van der Waals surface area contributed by atoms with Gasteiger partial charge in [-0.25, -0.2) is 0 Å². The Bertz CT molecular complexity index is 844. The van der Waals surface area contributed by atoms with Gasteiger partial charge in [-0.3, -0.25) is 14.1 Å². The molecule has 222 valence electrons. The van der Waals surface area contributed by atoms with Gasteiger partial charge in [0, 0.05) is 0 Å². The standard InChI is InChI=1S/C20H29F9O7S.Na.H/c1-2-3-4-5-6-7-8-9-11-35-15(30)13-14(37(32,33)34)16(31)36-12-10-17(21,22)18(23,24)19(25,26)20(27,28)29;;/h14H,2-13H2,1H3,(H,32,33,34);;/q;+1;-1. The average Bonchev–Trinajstić information content (AvgIpc) is 2.74. The summed E-state index contributed by atoms with van der Waals surface area (Å²) in [6.45, 7) is -0.0722. The minimum atomic E-state index is -7.15. The third-order valence-electron chi connectivity index (χ3n) is 5.11. The van der Waals surface area contributed by atoms with Crippen molar-refractivity contribution in [1.82, 2.24) is 0 Å². The molecule has 7 nitrogen and oxygen atoms in total. The third kappa shape index (κ3) is 12.2. The Morgan fingerprint density at radius 3 is 1.71 bits per heavy atom. The molecule has 0 amide bonds. The molecule has 0 radical (unpaired) electrons. The van der Waals surface area contributed by atoms with Crippen LogP contribution >= 0.6 is 0 Å². The zero-order valence-electron chi connectivity index (χ0n) is 21.8. The molecule has 18 heteroatoms. The number of unbranched alkanes of at least 4 members (excludes halogenated alkanes) is 7. The van der Waals surface area contributed by atoms with Crippen LogP contribution in [0.2, 0.25) is 0 Å². The summed E-state index contributed by atoms with van der Waals surface area (Å²) in [7, 11) is -5.43. The van der Waals surface area contributed by atoms with Crippen molar-refractivity contribution < 1.29 is 103 Å². The molecule has 0 fully saturated rings. The van der Waals surface area contributed by atoms with Gasteiger partial charge in [-0.15, -0.1) is 0 Å². The van der Waals surface area contributed by atoms with Crippen molar-refractivity contribution in [1.29, 1.82) is 0 Å². The van der Waals surface area contributed by atoms with Gasteiger partial charge in [0.2, 0.25) is 0 Å². The van der Waals surface area contributed by atoms with Gasteiger partial charge in [-0.2, -0.15) is 47.9 Å². The van der Waals surface area contributed by atoms with Crippen molar-refractivity contribution in [2.75, 3.05) is 13.2 Å². The molecule has 0 rings (SSSR count). The summed E-state index contributed by atoms with van der Waals surface area (Å²) in [5.41, 5.74) is 0. The summed E-state index contributed by atoms with van der Waals surface area (Å²) < 4.78 is 156. The number of rotatable bonds is 18. The van der Waals surface area contributed by atoms with Gasteiger partial charge < -0.3 is 10.9 Å². The molecule has 0 aliphatic heterocycles. The fraction of sp³-hybridized carbons (Fsp3) is 0.900. The Labute approximate surface area is 237 Å². The van der Waals surface area contributed by atoms with Crippen LogP contribution in [0.5, 0.6) is 0 Å². The van der Waals surface area contributed by atoms with Crippen LogP contribution in [0.15, 0.2) is 0 Å². The summed E-state index contributed by atoms with van der Waals surface area (Å²) in [6.07, 6.45) is -3.85.